The fraction of sp³-hybridized carbons (Fsp3) is 0.882. The van der Waals surface area contributed by atoms with Crippen LogP contribution in [-0.2, 0) is 14.3 Å². The summed E-state index contributed by atoms with van der Waals surface area (Å²) in [6.07, 6.45) is 10.1. The number of Topliss-reactive ketones (excluding diaryl/α,β-unsaturated/α-hetero) is 1. The number of likely N-dealkylation sites (tertiary alicyclic amines) is 1. The molecule has 3 aliphatic carbocycles. The topological polar surface area (TPSA) is 77.2 Å². The van der Waals surface area contributed by atoms with Crippen LogP contribution >= 0.6 is 0 Å². The number of fused-ring (bicyclic) bond motifs is 4. The Hall–Kier alpha value is -1.55. The van der Waals surface area contributed by atoms with Gasteiger partial charge < -0.3 is 25.2 Å². The lowest BCUT2D eigenvalue weighted by Gasteiger charge is -2.61. The number of hydrogen-bond donors (Lipinski definition) is 2. The standard InChI is InChI=1S/C34H54FN5O3/c1-34(2,19-38(3)4)18-37-33(42)24-16-40-27-12-20-8-5-6-9-21(20)13-28(27)43-32-29(40)23(31(24)41)14-25(35)30(32)39-15-22-10-7-11-36-26(22)17-39/h16,20-23,25-30,32,36H,5-15,17-19H2,1-4H3,(H,37,42). The molecule has 11 atom stereocenters. The summed E-state index contributed by atoms with van der Waals surface area (Å²) in [5, 5.41) is 6.77. The van der Waals surface area contributed by atoms with Gasteiger partial charge in [-0.15, -0.1) is 0 Å². The average Bonchev–Trinajstić information content (AvgIpc) is 3.39. The normalized spacial score (nSPS) is 42.9. The number of nitrogens with one attached hydrogen (secondary N) is 2. The molecule has 4 aliphatic heterocycles. The van der Waals surface area contributed by atoms with Crippen molar-refractivity contribution in [2.75, 3.05) is 46.8 Å². The highest BCUT2D eigenvalue weighted by molar-refractivity contribution is 6.20. The third kappa shape index (κ3) is 5.59. The van der Waals surface area contributed by atoms with Crippen molar-refractivity contribution in [1.82, 2.24) is 25.3 Å². The molecule has 43 heavy (non-hydrogen) atoms. The van der Waals surface area contributed by atoms with E-state index in [4.69, 9.17) is 4.74 Å². The molecule has 1 amide bonds. The van der Waals surface area contributed by atoms with Gasteiger partial charge in [0.25, 0.3) is 5.91 Å². The van der Waals surface area contributed by atoms with Gasteiger partial charge >= 0.3 is 0 Å². The lowest BCUT2D eigenvalue weighted by Crippen LogP contribution is -2.73. The Balaban J connectivity index is 1.19. The Labute approximate surface area is 257 Å². The Morgan fingerprint density at radius 1 is 1.07 bits per heavy atom. The quantitative estimate of drug-likeness (QED) is 0.455. The molecule has 6 fully saturated rings. The summed E-state index contributed by atoms with van der Waals surface area (Å²) >= 11 is 0. The van der Waals surface area contributed by atoms with Crippen LogP contribution in [0.15, 0.2) is 11.8 Å². The van der Waals surface area contributed by atoms with Gasteiger partial charge in [-0.2, -0.15) is 0 Å². The Morgan fingerprint density at radius 2 is 1.81 bits per heavy atom. The predicted octanol–water partition coefficient (Wildman–Crippen LogP) is 2.97. The molecular weight excluding hydrogens is 545 g/mol. The third-order valence-corrected chi connectivity index (χ3v) is 12.2. The van der Waals surface area contributed by atoms with Crippen LogP contribution in [0, 0.1) is 29.1 Å². The van der Waals surface area contributed by atoms with E-state index in [2.05, 4.69) is 39.2 Å². The number of nitrogens with zero attached hydrogens (tertiary/aromatic N) is 3. The minimum Gasteiger partial charge on any atom is -0.369 e. The van der Waals surface area contributed by atoms with Crippen LogP contribution in [-0.4, -0.2) is 116 Å². The average molecular weight is 600 g/mol. The summed E-state index contributed by atoms with van der Waals surface area (Å²) in [6, 6.07) is 0.0142. The highest BCUT2D eigenvalue weighted by atomic mass is 19.1. The van der Waals surface area contributed by atoms with Crippen LogP contribution in [0.4, 0.5) is 4.39 Å². The number of rotatable bonds is 6. The van der Waals surface area contributed by atoms with Crippen molar-refractivity contribution >= 4 is 11.7 Å². The molecule has 0 bridgehead atoms. The minimum atomic E-state index is -1.15. The summed E-state index contributed by atoms with van der Waals surface area (Å²) in [5.74, 6) is 0.841. The monoisotopic (exact) mass is 599 g/mol. The number of ketones is 1. The van der Waals surface area contributed by atoms with Crippen molar-refractivity contribution in [2.24, 2.45) is 29.1 Å². The first-order valence-electron chi connectivity index (χ1n) is 17.3. The number of halogens is 1. The van der Waals surface area contributed by atoms with Crippen LogP contribution in [0.5, 0.6) is 0 Å². The Kier molecular flexibility index (Phi) is 8.17. The van der Waals surface area contributed by atoms with Gasteiger partial charge in [-0.3, -0.25) is 14.5 Å². The molecule has 0 spiro atoms. The molecule has 4 heterocycles. The second kappa shape index (κ2) is 11.7. The number of piperidine rings is 1. The molecule has 0 aromatic rings. The maximum absolute atomic E-state index is 16.5. The smallest absolute Gasteiger partial charge is 0.256 e. The van der Waals surface area contributed by atoms with Gasteiger partial charge in [0.05, 0.1) is 35.9 Å². The lowest BCUT2D eigenvalue weighted by molar-refractivity contribution is -0.219. The second-order valence-electron chi connectivity index (χ2n) is 16.2. The third-order valence-electron chi connectivity index (χ3n) is 12.2. The molecule has 11 unspecified atom stereocenters. The maximum atomic E-state index is 16.5. The van der Waals surface area contributed by atoms with Gasteiger partial charge in [0, 0.05) is 44.3 Å². The van der Waals surface area contributed by atoms with Crippen LogP contribution in [0.1, 0.15) is 71.6 Å². The van der Waals surface area contributed by atoms with Gasteiger partial charge in [-0.1, -0.05) is 39.5 Å². The number of carbonyl (C=O) groups is 2. The number of morpholine rings is 1. The highest BCUT2D eigenvalue weighted by Gasteiger charge is 2.61. The summed E-state index contributed by atoms with van der Waals surface area (Å²) in [4.78, 5) is 34.6. The van der Waals surface area contributed by atoms with Crippen molar-refractivity contribution in [1.29, 1.82) is 0 Å². The van der Waals surface area contributed by atoms with Crippen molar-refractivity contribution in [3.05, 3.63) is 11.8 Å². The molecular formula is C34H54FN5O3. The molecule has 7 aliphatic rings. The molecule has 3 saturated heterocycles. The Bertz CT molecular complexity index is 1100. The zero-order chi connectivity index (χ0) is 30.0. The first kappa shape index (κ1) is 30.1. The van der Waals surface area contributed by atoms with E-state index < -0.39 is 12.1 Å². The van der Waals surface area contributed by atoms with Crippen LogP contribution < -0.4 is 10.6 Å². The van der Waals surface area contributed by atoms with Gasteiger partial charge in [0.1, 0.15) is 6.17 Å². The van der Waals surface area contributed by atoms with Crippen molar-refractivity contribution in [3.63, 3.8) is 0 Å². The van der Waals surface area contributed by atoms with Gasteiger partial charge in [0.15, 0.2) is 5.78 Å². The molecule has 240 valence electrons. The molecule has 0 aromatic carbocycles. The first-order chi connectivity index (χ1) is 20.6. The molecule has 3 saturated carbocycles. The van der Waals surface area contributed by atoms with E-state index in [-0.39, 0.29) is 59.4 Å². The summed E-state index contributed by atoms with van der Waals surface area (Å²) < 4.78 is 23.6. The van der Waals surface area contributed by atoms with E-state index in [1.807, 2.05) is 20.3 Å². The van der Waals surface area contributed by atoms with E-state index in [0.717, 1.165) is 39.0 Å². The van der Waals surface area contributed by atoms with Crippen LogP contribution in [0.2, 0.25) is 0 Å². The highest BCUT2D eigenvalue weighted by Crippen LogP contribution is 2.51. The second-order valence-corrected chi connectivity index (χ2v) is 16.2. The van der Waals surface area contributed by atoms with Crippen LogP contribution in [0.3, 0.4) is 0 Å². The van der Waals surface area contributed by atoms with Crippen LogP contribution in [0.25, 0.3) is 0 Å². The molecule has 7 rings (SSSR count). The minimum absolute atomic E-state index is 0.0184. The zero-order valence-electron chi connectivity index (χ0n) is 26.8. The van der Waals surface area contributed by atoms with Gasteiger partial charge in [-0.25, -0.2) is 4.39 Å². The molecule has 8 nitrogen and oxygen atoms in total. The van der Waals surface area contributed by atoms with Gasteiger partial charge in [-0.05, 0) is 75.9 Å². The largest absolute Gasteiger partial charge is 0.369 e. The lowest BCUT2D eigenvalue weighted by atomic mass is 9.64. The Morgan fingerprint density at radius 3 is 2.56 bits per heavy atom. The number of hydrogen-bond acceptors (Lipinski definition) is 7. The number of alkyl halides is 1. The van der Waals surface area contributed by atoms with E-state index in [9.17, 15) is 9.59 Å². The number of amides is 1. The van der Waals surface area contributed by atoms with Crippen molar-refractivity contribution < 1.29 is 18.7 Å². The fourth-order valence-corrected chi connectivity index (χ4v) is 10.5. The SMILES string of the molecule is CN(C)CC(C)(C)CNC(=O)C1=CN2C3CC4CCCCC4CC3OC3C(N4CC5CCCNC5C4)C(F)CC(C1=O)C32. The summed E-state index contributed by atoms with van der Waals surface area (Å²) in [6.45, 7) is 8.34. The molecule has 9 heteroatoms. The summed E-state index contributed by atoms with van der Waals surface area (Å²) in [5.41, 5.74) is 0.0762. The molecule has 0 aromatic heterocycles. The summed E-state index contributed by atoms with van der Waals surface area (Å²) in [7, 11) is 4.05. The van der Waals surface area contributed by atoms with E-state index >= 15 is 4.39 Å². The fourth-order valence-electron chi connectivity index (χ4n) is 10.5. The van der Waals surface area contributed by atoms with Crippen molar-refractivity contribution in [3.8, 4) is 0 Å². The van der Waals surface area contributed by atoms with E-state index in [0.29, 0.717) is 30.3 Å². The van der Waals surface area contributed by atoms with Crippen molar-refractivity contribution in [2.45, 2.75) is 114 Å². The molecule has 0 radical (unpaired) electrons. The first-order valence-corrected chi connectivity index (χ1v) is 17.3. The van der Waals surface area contributed by atoms with E-state index in [1.165, 1.54) is 38.5 Å². The van der Waals surface area contributed by atoms with Gasteiger partial charge in [0.2, 0.25) is 0 Å². The zero-order valence-corrected chi connectivity index (χ0v) is 26.8. The predicted molar refractivity (Wildman–Crippen MR) is 164 cm³/mol. The maximum Gasteiger partial charge on any atom is 0.256 e. The molecule has 2 N–H and O–H groups in total. The number of carbonyl (C=O) groups excluding carboxylic acids is 2. The van der Waals surface area contributed by atoms with E-state index in [1.54, 1.807) is 0 Å². The number of ether oxygens (including phenoxy) is 1.